The van der Waals surface area contributed by atoms with E-state index in [1.165, 1.54) is 17.0 Å². The summed E-state index contributed by atoms with van der Waals surface area (Å²) in [4.78, 5) is 25.7. The first-order chi connectivity index (χ1) is 8.51. The van der Waals surface area contributed by atoms with Crippen LogP contribution >= 0.6 is 0 Å². The molecule has 1 aromatic carbocycles. The average Bonchev–Trinajstić information content (AvgIpc) is 2.35. The first-order valence-electron chi connectivity index (χ1n) is 5.70. The Hall–Kier alpha value is -1.91. The van der Waals surface area contributed by atoms with E-state index in [-0.39, 0.29) is 18.0 Å². The third-order valence-electron chi connectivity index (χ3n) is 2.70. The van der Waals surface area contributed by atoms with Gasteiger partial charge in [-0.05, 0) is 19.1 Å². The highest BCUT2D eigenvalue weighted by molar-refractivity contribution is 5.88. The Morgan fingerprint density at radius 2 is 2.06 bits per heavy atom. The topological polar surface area (TPSA) is 40.6 Å². The van der Waals surface area contributed by atoms with Gasteiger partial charge in [-0.25, -0.2) is 4.39 Å². The summed E-state index contributed by atoms with van der Waals surface area (Å²) >= 11 is 0. The molecule has 1 aromatic rings. The molecular formula is C13H17FN2O2. The number of likely N-dealkylation sites (N-methyl/N-ethyl adjacent to an activating group) is 2. The van der Waals surface area contributed by atoms with E-state index < -0.39 is 5.82 Å². The van der Waals surface area contributed by atoms with Crippen molar-refractivity contribution in [1.82, 2.24) is 4.90 Å². The quantitative estimate of drug-likeness (QED) is 0.747. The number of anilines is 1. The van der Waals surface area contributed by atoms with Crippen molar-refractivity contribution in [3.05, 3.63) is 29.6 Å². The van der Waals surface area contributed by atoms with Crippen LogP contribution in [-0.2, 0) is 4.79 Å². The number of carbonyl (C=O) groups is 2. The zero-order chi connectivity index (χ0) is 13.7. The van der Waals surface area contributed by atoms with Crippen LogP contribution in [0.1, 0.15) is 17.3 Å². The lowest BCUT2D eigenvalue weighted by atomic mass is 10.1. The Morgan fingerprint density at radius 1 is 1.39 bits per heavy atom. The molecule has 0 atom stereocenters. The third kappa shape index (κ3) is 3.06. The van der Waals surface area contributed by atoms with Gasteiger partial charge in [-0.2, -0.15) is 0 Å². The Morgan fingerprint density at radius 3 is 2.56 bits per heavy atom. The summed E-state index contributed by atoms with van der Waals surface area (Å²) in [6.45, 7) is 2.49. The Kier molecular flexibility index (Phi) is 4.83. The lowest BCUT2D eigenvalue weighted by Crippen LogP contribution is -2.37. The van der Waals surface area contributed by atoms with Crippen molar-refractivity contribution in [2.45, 2.75) is 6.92 Å². The fraction of sp³-hybridized carbons (Fsp3) is 0.385. The fourth-order valence-electron chi connectivity index (χ4n) is 1.59. The van der Waals surface area contributed by atoms with Crippen LogP contribution in [0.4, 0.5) is 10.1 Å². The molecule has 0 fully saturated rings. The van der Waals surface area contributed by atoms with Crippen molar-refractivity contribution in [2.24, 2.45) is 0 Å². The van der Waals surface area contributed by atoms with Crippen LogP contribution in [0.15, 0.2) is 18.2 Å². The molecule has 4 nitrogen and oxygen atoms in total. The monoisotopic (exact) mass is 252 g/mol. The Labute approximate surface area is 106 Å². The second kappa shape index (κ2) is 6.14. The predicted octanol–water partition coefficient (Wildman–Crippen LogP) is 1.55. The lowest BCUT2D eigenvalue weighted by molar-refractivity contribution is -0.127. The molecule has 0 unspecified atom stereocenters. The summed E-state index contributed by atoms with van der Waals surface area (Å²) in [5.74, 6) is -0.670. The SMILES string of the molecule is CCN(CC(=O)N(C)C)c1cccc(F)c1C=O. The lowest BCUT2D eigenvalue weighted by Gasteiger charge is -2.25. The van der Waals surface area contributed by atoms with Crippen LogP contribution in [0.25, 0.3) is 0 Å². The van der Waals surface area contributed by atoms with Gasteiger partial charge in [0.05, 0.1) is 17.8 Å². The number of hydrogen-bond acceptors (Lipinski definition) is 3. The summed E-state index contributed by atoms with van der Waals surface area (Å²) in [5, 5.41) is 0. The van der Waals surface area contributed by atoms with Gasteiger partial charge in [-0.3, -0.25) is 9.59 Å². The van der Waals surface area contributed by atoms with Gasteiger partial charge in [0.25, 0.3) is 0 Å². The first kappa shape index (κ1) is 14.2. The van der Waals surface area contributed by atoms with Crippen LogP contribution in [0, 0.1) is 5.82 Å². The number of carbonyl (C=O) groups excluding carboxylic acids is 2. The smallest absolute Gasteiger partial charge is 0.241 e. The van der Waals surface area contributed by atoms with E-state index in [2.05, 4.69) is 0 Å². The largest absolute Gasteiger partial charge is 0.362 e. The van der Waals surface area contributed by atoms with Gasteiger partial charge in [0.1, 0.15) is 5.82 Å². The highest BCUT2D eigenvalue weighted by Gasteiger charge is 2.16. The maximum absolute atomic E-state index is 13.5. The van der Waals surface area contributed by atoms with E-state index in [1.54, 1.807) is 25.1 Å². The number of rotatable bonds is 5. The van der Waals surface area contributed by atoms with Crippen LogP contribution < -0.4 is 4.90 Å². The molecule has 0 saturated heterocycles. The van der Waals surface area contributed by atoms with Crippen molar-refractivity contribution in [3.8, 4) is 0 Å². The molecule has 0 N–H and O–H groups in total. The summed E-state index contributed by atoms with van der Waals surface area (Å²) in [6, 6.07) is 4.40. The molecule has 0 heterocycles. The standard InChI is InChI=1S/C13H17FN2O2/c1-4-16(8-13(18)15(2)3)12-7-5-6-11(14)10(12)9-17/h5-7,9H,4,8H2,1-3H3. The van der Waals surface area contributed by atoms with Gasteiger partial charge >= 0.3 is 0 Å². The molecule has 18 heavy (non-hydrogen) atoms. The molecule has 0 radical (unpaired) electrons. The van der Waals surface area contributed by atoms with Crippen molar-refractivity contribution >= 4 is 17.9 Å². The molecule has 0 spiro atoms. The Bertz CT molecular complexity index is 447. The second-order valence-electron chi connectivity index (χ2n) is 4.09. The first-order valence-corrected chi connectivity index (χ1v) is 5.70. The molecule has 98 valence electrons. The predicted molar refractivity (Wildman–Crippen MR) is 68.4 cm³/mol. The van der Waals surface area contributed by atoms with Gasteiger partial charge in [0.15, 0.2) is 6.29 Å². The van der Waals surface area contributed by atoms with E-state index in [9.17, 15) is 14.0 Å². The van der Waals surface area contributed by atoms with Gasteiger partial charge < -0.3 is 9.80 Å². The maximum atomic E-state index is 13.5. The normalized spacial score (nSPS) is 10.0. The Balaban J connectivity index is 3.05. The van der Waals surface area contributed by atoms with Crippen molar-refractivity contribution in [3.63, 3.8) is 0 Å². The summed E-state index contributed by atoms with van der Waals surface area (Å²) in [6.07, 6.45) is 0.480. The van der Waals surface area contributed by atoms with Crippen LogP contribution in [0.5, 0.6) is 0 Å². The molecule has 0 aromatic heterocycles. The third-order valence-corrected chi connectivity index (χ3v) is 2.70. The molecule has 0 bridgehead atoms. The molecule has 1 amide bonds. The molecule has 1 rings (SSSR count). The zero-order valence-corrected chi connectivity index (χ0v) is 10.8. The minimum Gasteiger partial charge on any atom is -0.362 e. The minimum atomic E-state index is -0.571. The molecule has 5 heteroatoms. The number of aldehydes is 1. The van der Waals surface area contributed by atoms with Gasteiger partial charge in [0, 0.05) is 20.6 Å². The van der Waals surface area contributed by atoms with Gasteiger partial charge in [0.2, 0.25) is 5.91 Å². The van der Waals surface area contributed by atoms with E-state index in [1.807, 2.05) is 6.92 Å². The number of hydrogen-bond donors (Lipinski definition) is 0. The molecule has 0 aliphatic heterocycles. The number of amides is 1. The summed E-state index contributed by atoms with van der Waals surface area (Å²) in [5.41, 5.74) is 0.439. The van der Waals surface area contributed by atoms with Crippen molar-refractivity contribution in [1.29, 1.82) is 0 Å². The van der Waals surface area contributed by atoms with E-state index in [4.69, 9.17) is 0 Å². The molecule has 0 aliphatic rings. The highest BCUT2D eigenvalue weighted by atomic mass is 19.1. The molecular weight excluding hydrogens is 235 g/mol. The zero-order valence-electron chi connectivity index (χ0n) is 10.8. The van der Waals surface area contributed by atoms with Crippen molar-refractivity contribution in [2.75, 3.05) is 32.1 Å². The average molecular weight is 252 g/mol. The fourth-order valence-corrected chi connectivity index (χ4v) is 1.59. The van der Waals surface area contributed by atoms with Gasteiger partial charge in [-0.15, -0.1) is 0 Å². The summed E-state index contributed by atoms with van der Waals surface area (Å²) < 4.78 is 13.5. The van der Waals surface area contributed by atoms with E-state index >= 15 is 0 Å². The summed E-state index contributed by atoms with van der Waals surface area (Å²) in [7, 11) is 3.31. The highest BCUT2D eigenvalue weighted by Crippen LogP contribution is 2.21. The number of benzene rings is 1. The molecule has 0 aliphatic carbocycles. The number of halogens is 1. The second-order valence-corrected chi connectivity index (χ2v) is 4.09. The van der Waals surface area contributed by atoms with Crippen LogP contribution in [0.2, 0.25) is 0 Å². The van der Waals surface area contributed by atoms with Crippen LogP contribution in [-0.4, -0.2) is 44.3 Å². The van der Waals surface area contributed by atoms with Crippen molar-refractivity contribution < 1.29 is 14.0 Å². The maximum Gasteiger partial charge on any atom is 0.241 e. The van der Waals surface area contributed by atoms with E-state index in [0.29, 0.717) is 18.5 Å². The van der Waals surface area contributed by atoms with E-state index in [0.717, 1.165) is 0 Å². The minimum absolute atomic E-state index is 0.00842. The van der Waals surface area contributed by atoms with Crippen LogP contribution in [0.3, 0.4) is 0 Å². The molecule has 0 saturated carbocycles. The number of nitrogens with zero attached hydrogens (tertiary/aromatic N) is 2. The van der Waals surface area contributed by atoms with Gasteiger partial charge in [-0.1, -0.05) is 6.07 Å².